The van der Waals surface area contributed by atoms with E-state index >= 15 is 0 Å². The smallest absolute Gasteiger partial charge is 0.508 e. The molecule has 0 atom stereocenters. The predicted molar refractivity (Wildman–Crippen MR) is 109 cm³/mol. The highest BCUT2D eigenvalue weighted by Crippen LogP contribution is 2.32. The van der Waals surface area contributed by atoms with Crippen molar-refractivity contribution in [3.05, 3.63) is 54.1 Å². The Kier molecular flexibility index (Phi) is 5.56. The number of carbonyl (C=O) groups excluding carboxylic acids is 1. The molecule has 0 saturated carbocycles. The van der Waals surface area contributed by atoms with E-state index in [-0.39, 0.29) is 28.5 Å². The Morgan fingerprint density at radius 1 is 1.09 bits per heavy atom. The second kappa shape index (κ2) is 8.33. The number of piperazine rings is 1. The molecule has 11 heteroatoms. The monoisotopic (exact) mass is 448 g/mol. The van der Waals surface area contributed by atoms with Crippen molar-refractivity contribution >= 4 is 17.5 Å². The minimum atomic E-state index is -4.85. The number of aromatic nitrogens is 1. The van der Waals surface area contributed by atoms with Crippen molar-refractivity contribution in [3.8, 4) is 22.8 Å². The van der Waals surface area contributed by atoms with E-state index in [1.807, 2.05) is 0 Å². The number of nitrogens with two attached hydrogens (primary N) is 1. The highest BCUT2D eigenvalue weighted by molar-refractivity contribution is 6.03. The number of carbonyl (C=O) groups is 1. The molecule has 2 aromatic carbocycles. The van der Waals surface area contributed by atoms with E-state index in [2.05, 4.69) is 14.8 Å². The summed E-state index contributed by atoms with van der Waals surface area (Å²) >= 11 is 0. The summed E-state index contributed by atoms with van der Waals surface area (Å²) in [5.74, 6) is -0.917. The van der Waals surface area contributed by atoms with Crippen LogP contribution in [0, 0.1) is 0 Å². The number of nitrogens with zero attached hydrogens (tertiary/aromatic N) is 3. The number of aromatic hydroxyl groups is 1. The number of benzene rings is 2. The topological polar surface area (TPSA) is 105 Å². The van der Waals surface area contributed by atoms with Gasteiger partial charge in [0.1, 0.15) is 22.8 Å². The number of hydrogen-bond donors (Lipinski definition) is 2. The molecule has 0 bridgehead atoms. The molecule has 0 aliphatic carbocycles. The number of alkyl halides is 3. The van der Waals surface area contributed by atoms with E-state index < -0.39 is 18.0 Å². The van der Waals surface area contributed by atoms with Gasteiger partial charge in [0.25, 0.3) is 5.91 Å². The van der Waals surface area contributed by atoms with Gasteiger partial charge in [0, 0.05) is 37.4 Å². The van der Waals surface area contributed by atoms with Gasteiger partial charge in [-0.2, -0.15) is 0 Å². The molecule has 0 radical (unpaired) electrons. The fourth-order valence-electron chi connectivity index (χ4n) is 3.54. The molecule has 1 amide bonds. The average molecular weight is 448 g/mol. The van der Waals surface area contributed by atoms with Gasteiger partial charge < -0.3 is 29.9 Å². The summed E-state index contributed by atoms with van der Waals surface area (Å²) in [6.07, 6.45) is -4.85. The molecule has 3 N–H and O–H groups in total. The third kappa shape index (κ3) is 4.56. The standard InChI is InChI=1S/C21H19F3N4O4/c22-21(23,24)31-16-3-1-2-13(12-16)18-17(19(25)32-26-18)20(30)28-10-8-27(9-11-28)14-4-6-15(29)7-5-14/h1-7,12,29H,8-11,25H2. The fraction of sp³-hybridized carbons (Fsp3) is 0.238. The van der Waals surface area contributed by atoms with E-state index in [4.69, 9.17) is 10.3 Å². The lowest BCUT2D eigenvalue weighted by Crippen LogP contribution is -2.49. The Hall–Kier alpha value is -3.89. The summed E-state index contributed by atoms with van der Waals surface area (Å²) in [5.41, 5.74) is 7.00. The second-order valence-corrected chi connectivity index (χ2v) is 7.14. The maximum atomic E-state index is 13.2. The van der Waals surface area contributed by atoms with Gasteiger partial charge >= 0.3 is 6.36 Å². The summed E-state index contributed by atoms with van der Waals surface area (Å²) in [4.78, 5) is 16.8. The van der Waals surface area contributed by atoms with Crippen LogP contribution >= 0.6 is 0 Å². The first-order valence-electron chi connectivity index (χ1n) is 9.66. The molecule has 4 rings (SSSR count). The van der Waals surface area contributed by atoms with Gasteiger partial charge in [-0.3, -0.25) is 4.79 Å². The van der Waals surface area contributed by atoms with E-state index in [0.717, 1.165) is 17.8 Å². The van der Waals surface area contributed by atoms with Gasteiger partial charge in [0.05, 0.1) is 0 Å². The Morgan fingerprint density at radius 2 is 1.78 bits per heavy atom. The van der Waals surface area contributed by atoms with Gasteiger partial charge in [-0.15, -0.1) is 13.2 Å². The first-order valence-corrected chi connectivity index (χ1v) is 9.66. The molecule has 1 aliphatic heterocycles. The number of amides is 1. The Balaban J connectivity index is 1.52. The number of hydrogen-bond acceptors (Lipinski definition) is 7. The molecular weight excluding hydrogens is 429 g/mol. The SMILES string of the molecule is Nc1onc(-c2cccc(OC(F)(F)F)c2)c1C(=O)N1CCN(c2ccc(O)cc2)CC1. The molecule has 1 fully saturated rings. The van der Waals surface area contributed by atoms with E-state index in [9.17, 15) is 23.1 Å². The van der Waals surface area contributed by atoms with Gasteiger partial charge in [0.15, 0.2) is 0 Å². The molecule has 3 aromatic rings. The Morgan fingerprint density at radius 3 is 2.44 bits per heavy atom. The minimum Gasteiger partial charge on any atom is -0.508 e. The van der Waals surface area contributed by atoms with Gasteiger partial charge in [-0.25, -0.2) is 0 Å². The third-order valence-corrected chi connectivity index (χ3v) is 5.06. The number of rotatable bonds is 4. The van der Waals surface area contributed by atoms with Crippen LogP contribution in [0.1, 0.15) is 10.4 Å². The number of ether oxygens (including phenoxy) is 1. The fourth-order valence-corrected chi connectivity index (χ4v) is 3.54. The number of phenolic OH excluding ortho intramolecular Hbond substituents is 1. The van der Waals surface area contributed by atoms with Crippen LogP contribution in [-0.2, 0) is 0 Å². The number of phenols is 1. The van der Waals surface area contributed by atoms with E-state index in [0.29, 0.717) is 26.2 Å². The van der Waals surface area contributed by atoms with Gasteiger partial charge in [-0.1, -0.05) is 17.3 Å². The van der Waals surface area contributed by atoms with Crippen molar-refractivity contribution in [1.82, 2.24) is 10.1 Å². The van der Waals surface area contributed by atoms with Gasteiger partial charge in [0.2, 0.25) is 5.88 Å². The highest BCUT2D eigenvalue weighted by Gasteiger charge is 2.32. The summed E-state index contributed by atoms with van der Waals surface area (Å²) in [6, 6.07) is 11.9. The van der Waals surface area contributed by atoms with Crippen LogP contribution in [-0.4, -0.2) is 53.6 Å². The molecule has 0 spiro atoms. The van der Waals surface area contributed by atoms with Crippen LogP contribution in [0.2, 0.25) is 0 Å². The van der Waals surface area contributed by atoms with Crippen molar-refractivity contribution in [2.75, 3.05) is 36.8 Å². The molecule has 1 aromatic heterocycles. The molecule has 2 heterocycles. The van der Waals surface area contributed by atoms with Crippen molar-refractivity contribution in [3.63, 3.8) is 0 Å². The predicted octanol–water partition coefficient (Wildman–Crippen LogP) is 3.49. The minimum absolute atomic E-state index is 0.00718. The van der Waals surface area contributed by atoms with Crippen LogP contribution in [0.5, 0.6) is 11.5 Å². The third-order valence-electron chi connectivity index (χ3n) is 5.06. The zero-order chi connectivity index (χ0) is 22.9. The van der Waals surface area contributed by atoms with Gasteiger partial charge in [-0.05, 0) is 36.4 Å². The largest absolute Gasteiger partial charge is 0.573 e. The molecule has 0 unspecified atom stereocenters. The highest BCUT2D eigenvalue weighted by atomic mass is 19.4. The normalized spacial score (nSPS) is 14.5. The number of nitrogen functional groups attached to an aromatic ring is 1. The quantitative estimate of drug-likeness (QED) is 0.630. The van der Waals surface area contributed by atoms with E-state index in [1.165, 1.54) is 12.1 Å². The van der Waals surface area contributed by atoms with Crippen molar-refractivity contribution in [2.45, 2.75) is 6.36 Å². The van der Waals surface area contributed by atoms with Crippen molar-refractivity contribution in [2.24, 2.45) is 0 Å². The molecule has 32 heavy (non-hydrogen) atoms. The lowest BCUT2D eigenvalue weighted by atomic mass is 10.1. The summed E-state index contributed by atoms with van der Waals surface area (Å²) in [5, 5.41) is 13.2. The Bertz CT molecular complexity index is 1110. The number of anilines is 2. The summed E-state index contributed by atoms with van der Waals surface area (Å²) in [6.45, 7) is 1.87. The molecular formula is C21H19F3N4O4. The zero-order valence-electron chi connectivity index (χ0n) is 16.7. The molecule has 1 aliphatic rings. The van der Waals surface area contributed by atoms with Crippen molar-refractivity contribution in [1.29, 1.82) is 0 Å². The van der Waals surface area contributed by atoms with Crippen LogP contribution in [0.25, 0.3) is 11.3 Å². The van der Waals surface area contributed by atoms with Crippen LogP contribution in [0.4, 0.5) is 24.7 Å². The van der Waals surface area contributed by atoms with Crippen molar-refractivity contribution < 1.29 is 32.3 Å². The second-order valence-electron chi connectivity index (χ2n) is 7.14. The molecule has 8 nitrogen and oxygen atoms in total. The summed E-state index contributed by atoms with van der Waals surface area (Å²) < 4.78 is 46.6. The molecule has 1 saturated heterocycles. The maximum absolute atomic E-state index is 13.2. The first-order chi connectivity index (χ1) is 15.2. The maximum Gasteiger partial charge on any atom is 0.573 e. The average Bonchev–Trinajstić information content (AvgIpc) is 3.14. The van der Waals surface area contributed by atoms with Crippen LogP contribution < -0.4 is 15.4 Å². The number of halogens is 3. The van der Waals surface area contributed by atoms with E-state index in [1.54, 1.807) is 29.2 Å². The summed E-state index contributed by atoms with van der Waals surface area (Å²) in [7, 11) is 0. The first kappa shape index (κ1) is 21.3. The lowest BCUT2D eigenvalue weighted by Gasteiger charge is -2.36. The van der Waals surface area contributed by atoms with Crippen LogP contribution in [0.15, 0.2) is 53.1 Å². The zero-order valence-corrected chi connectivity index (χ0v) is 16.7. The Labute approximate surface area is 180 Å². The lowest BCUT2D eigenvalue weighted by molar-refractivity contribution is -0.274. The van der Waals surface area contributed by atoms with Crippen LogP contribution in [0.3, 0.4) is 0 Å². The molecule has 168 valence electrons.